The van der Waals surface area contributed by atoms with E-state index in [1.54, 1.807) is 4.90 Å². The van der Waals surface area contributed by atoms with E-state index in [0.717, 1.165) is 48.3 Å². The number of carbonyl (C=O) groups excluding carboxylic acids is 1. The Morgan fingerprint density at radius 1 is 1.10 bits per heavy atom. The van der Waals surface area contributed by atoms with Gasteiger partial charge in [0.1, 0.15) is 18.0 Å². The summed E-state index contributed by atoms with van der Waals surface area (Å²) in [6.45, 7) is 9.03. The highest BCUT2D eigenvalue weighted by Crippen LogP contribution is 2.28. The predicted molar refractivity (Wildman–Crippen MR) is 127 cm³/mol. The summed E-state index contributed by atoms with van der Waals surface area (Å²) in [5.41, 5.74) is 1.91. The van der Waals surface area contributed by atoms with E-state index < -0.39 is 5.60 Å². The van der Waals surface area contributed by atoms with Crippen molar-refractivity contribution in [3.63, 3.8) is 0 Å². The van der Waals surface area contributed by atoms with Crippen molar-refractivity contribution in [1.29, 1.82) is 0 Å². The van der Waals surface area contributed by atoms with Crippen molar-refractivity contribution in [2.24, 2.45) is 0 Å². The predicted octanol–water partition coefficient (Wildman–Crippen LogP) is 5.86. The lowest BCUT2D eigenvalue weighted by atomic mass is 10.0. The van der Waals surface area contributed by atoms with E-state index in [-0.39, 0.29) is 12.1 Å². The number of carbonyl (C=O) groups is 1. The number of halogens is 1. The minimum Gasteiger partial charge on any atom is -0.488 e. The fourth-order valence-corrected chi connectivity index (χ4v) is 4.06. The molecule has 1 saturated heterocycles. The van der Waals surface area contributed by atoms with Gasteiger partial charge in [-0.3, -0.25) is 4.90 Å². The maximum Gasteiger partial charge on any atom is 0.410 e. The van der Waals surface area contributed by atoms with Gasteiger partial charge in [0.05, 0.1) is 4.47 Å². The first-order valence-electron chi connectivity index (χ1n) is 10.8. The molecule has 0 aliphatic carbocycles. The van der Waals surface area contributed by atoms with Crippen LogP contribution in [0.15, 0.2) is 53.0 Å². The smallest absolute Gasteiger partial charge is 0.410 e. The van der Waals surface area contributed by atoms with Crippen molar-refractivity contribution >= 4 is 22.0 Å². The Bertz CT molecular complexity index is 859. The van der Waals surface area contributed by atoms with Crippen LogP contribution in [-0.4, -0.2) is 47.7 Å². The fourth-order valence-electron chi connectivity index (χ4n) is 3.70. The van der Waals surface area contributed by atoms with Crippen LogP contribution in [0, 0.1) is 0 Å². The molecule has 3 rings (SSSR count). The quantitative estimate of drug-likeness (QED) is 0.510. The first-order chi connectivity index (χ1) is 14.7. The SMILES string of the molecule is CN(C(=O)OC(C)(C)C)C1CCN(Cc2ccc(Br)c(OCc3ccccc3)c2)CC1. The van der Waals surface area contributed by atoms with E-state index in [1.165, 1.54) is 5.56 Å². The molecule has 0 spiro atoms. The van der Waals surface area contributed by atoms with Crippen LogP contribution in [0.1, 0.15) is 44.7 Å². The largest absolute Gasteiger partial charge is 0.488 e. The Morgan fingerprint density at radius 3 is 2.42 bits per heavy atom. The second-order valence-corrected chi connectivity index (χ2v) is 9.99. The van der Waals surface area contributed by atoms with Crippen LogP contribution in [0.3, 0.4) is 0 Å². The van der Waals surface area contributed by atoms with Crippen LogP contribution in [0.5, 0.6) is 5.75 Å². The summed E-state index contributed by atoms with van der Waals surface area (Å²) in [6.07, 6.45) is 1.66. The first-order valence-corrected chi connectivity index (χ1v) is 11.6. The summed E-state index contributed by atoms with van der Waals surface area (Å²) in [6, 6.07) is 16.7. The average molecular weight is 489 g/mol. The fraction of sp³-hybridized carbons (Fsp3) is 0.480. The van der Waals surface area contributed by atoms with Gasteiger partial charge >= 0.3 is 6.09 Å². The molecule has 168 valence electrons. The van der Waals surface area contributed by atoms with Gasteiger partial charge in [0.15, 0.2) is 0 Å². The van der Waals surface area contributed by atoms with Crippen LogP contribution in [0.4, 0.5) is 4.79 Å². The van der Waals surface area contributed by atoms with Gasteiger partial charge in [0, 0.05) is 32.7 Å². The van der Waals surface area contributed by atoms with Gasteiger partial charge in [-0.05, 0) is 72.8 Å². The van der Waals surface area contributed by atoms with Crippen LogP contribution in [0.2, 0.25) is 0 Å². The molecule has 1 aliphatic heterocycles. The summed E-state index contributed by atoms with van der Waals surface area (Å²) in [5.74, 6) is 0.862. The van der Waals surface area contributed by atoms with Gasteiger partial charge in [-0.2, -0.15) is 0 Å². The van der Waals surface area contributed by atoms with Crippen molar-refractivity contribution in [3.05, 3.63) is 64.1 Å². The maximum atomic E-state index is 12.3. The number of hydrogen-bond donors (Lipinski definition) is 0. The lowest BCUT2D eigenvalue weighted by molar-refractivity contribution is 0.0149. The van der Waals surface area contributed by atoms with Crippen molar-refractivity contribution < 1.29 is 14.3 Å². The molecule has 2 aromatic carbocycles. The molecule has 1 heterocycles. The van der Waals surface area contributed by atoms with Gasteiger partial charge in [0.2, 0.25) is 0 Å². The Balaban J connectivity index is 1.51. The second kappa shape index (κ2) is 10.5. The molecule has 0 saturated carbocycles. The van der Waals surface area contributed by atoms with Crippen LogP contribution in [0.25, 0.3) is 0 Å². The number of likely N-dealkylation sites (tertiary alicyclic amines) is 1. The van der Waals surface area contributed by atoms with Gasteiger partial charge in [-0.15, -0.1) is 0 Å². The summed E-state index contributed by atoms with van der Waals surface area (Å²) < 4.78 is 12.5. The topological polar surface area (TPSA) is 42.0 Å². The third-order valence-electron chi connectivity index (χ3n) is 5.43. The third-order valence-corrected chi connectivity index (χ3v) is 6.08. The number of benzene rings is 2. The molecular formula is C25H33BrN2O3. The highest BCUT2D eigenvalue weighted by atomic mass is 79.9. The molecular weight excluding hydrogens is 456 g/mol. The number of amides is 1. The molecule has 2 aromatic rings. The highest BCUT2D eigenvalue weighted by molar-refractivity contribution is 9.10. The standard InChI is InChI=1S/C25H33BrN2O3/c1-25(2,3)31-24(29)27(4)21-12-14-28(15-13-21)17-20-10-11-22(26)23(16-20)30-18-19-8-6-5-7-9-19/h5-11,16,21H,12-15,17-18H2,1-4H3. The van der Waals surface area contributed by atoms with E-state index in [0.29, 0.717) is 6.61 Å². The first kappa shape index (κ1) is 23.6. The van der Waals surface area contributed by atoms with Gasteiger partial charge in [-0.25, -0.2) is 4.79 Å². The molecule has 0 atom stereocenters. The minimum atomic E-state index is -0.464. The van der Waals surface area contributed by atoms with E-state index in [4.69, 9.17) is 9.47 Å². The highest BCUT2D eigenvalue weighted by Gasteiger charge is 2.28. The molecule has 0 bridgehead atoms. The number of nitrogens with zero attached hydrogens (tertiary/aromatic N) is 2. The molecule has 31 heavy (non-hydrogen) atoms. The Labute approximate surface area is 194 Å². The molecule has 1 fully saturated rings. The molecule has 0 N–H and O–H groups in total. The number of ether oxygens (including phenoxy) is 2. The van der Waals surface area contributed by atoms with Crippen LogP contribution < -0.4 is 4.74 Å². The van der Waals surface area contributed by atoms with E-state index in [2.05, 4.69) is 51.2 Å². The lowest BCUT2D eigenvalue weighted by Gasteiger charge is -2.37. The second-order valence-electron chi connectivity index (χ2n) is 9.14. The average Bonchev–Trinajstić information content (AvgIpc) is 2.73. The van der Waals surface area contributed by atoms with Crippen LogP contribution in [-0.2, 0) is 17.9 Å². The van der Waals surface area contributed by atoms with E-state index >= 15 is 0 Å². The summed E-state index contributed by atoms with van der Waals surface area (Å²) in [4.78, 5) is 16.5. The van der Waals surface area contributed by atoms with Crippen molar-refractivity contribution in [3.8, 4) is 5.75 Å². The lowest BCUT2D eigenvalue weighted by Crippen LogP contribution is -2.46. The Kier molecular flexibility index (Phi) is 8.00. The zero-order valence-corrected chi connectivity index (χ0v) is 20.5. The van der Waals surface area contributed by atoms with Crippen molar-refractivity contribution in [2.45, 2.75) is 58.4 Å². The van der Waals surface area contributed by atoms with Gasteiger partial charge in [0.25, 0.3) is 0 Å². The number of piperidine rings is 1. The third kappa shape index (κ3) is 7.25. The summed E-state index contributed by atoms with van der Waals surface area (Å²) in [5, 5.41) is 0. The molecule has 1 aliphatic rings. The van der Waals surface area contributed by atoms with Gasteiger partial charge in [-0.1, -0.05) is 36.4 Å². The van der Waals surface area contributed by atoms with E-state index in [9.17, 15) is 4.79 Å². The van der Waals surface area contributed by atoms with Crippen molar-refractivity contribution in [1.82, 2.24) is 9.80 Å². The number of hydrogen-bond acceptors (Lipinski definition) is 4. The molecule has 0 aromatic heterocycles. The zero-order valence-electron chi connectivity index (χ0n) is 18.9. The monoisotopic (exact) mass is 488 g/mol. The van der Waals surface area contributed by atoms with E-state index in [1.807, 2.05) is 46.0 Å². The summed E-state index contributed by atoms with van der Waals surface area (Å²) in [7, 11) is 1.85. The number of rotatable bonds is 6. The zero-order chi connectivity index (χ0) is 22.4. The maximum absolute atomic E-state index is 12.3. The normalized spacial score (nSPS) is 15.5. The molecule has 5 nitrogen and oxygen atoms in total. The van der Waals surface area contributed by atoms with Gasteiger partial charge < -0.3 is 14.4 Å². The summed E-state index contributed by atoms with van der Waals surface area (Å²) >= 11 is 3.60. The molecule has 0 unspecified atom stereocenters. The minimum absolute atomic E-state index is 0.223. The molecule has 0 radical (unpaired) electrons. The van der Waals surface area contributed by atoms with Crippen molar-refractivity contribution in [2.75, 3.05) is 20.1 Å². The Hall–Kier alpha value is -2.05. The molecule has 1 amide bonds. The van der Waals surface area contributed by atoms with Crippen LogP contribution >= 0.6 is 15.9 Å². The molecule has 6 heteroatoms. The Morgan fingerprint density at radius 2 is 1.77 bits per heavy atom.